The Labute approximate surface area is 182 Å². The van der Waals surface area contributed by atoms with Crippen LogP contribution in [0.15, 0.2) is 24.3 Å². The van der Waals surface area contributed by atoms with Crippen molar-refractivity contribution in [2.75, 3.05) is 45.9 Å². The van der Waals surface area contributed by atoms with E-state index in [1.54, 1.807) is 0 Å². The zero-order chi connectivity index (χ0) is 18.4. The van der Waals surface area contributed by atoms with E-state index in [1.165, 1.54) is 11.3 Å². The van der Waals surface area contributed by atoms with Crippen LogP contribution < -0.4 is 15.4 Å². The fourth-order valence-electron chi connectivity index (χ4n) is 2.93. The number of rotatable bonds is 7. The number of carbonyl (C=O) groups excluding carboxylic acids is 1. The summed E-state index contributed by atoms with van der Waals surface area (Å²) in [4.78, 5) is 20.1. The number of thiazole rings is 1. The number of hydrogen-bond donors (Lipinski definition) is 2. The lowest BCUT2D eigenvalue weighted by atomic mass is 10.2. The van der Waals surface area contributed by atoms with Crippen LogP contribution in [0.1, 0.15) is 22.3 Å². The molecule has 1 aliphatic heterocycles. The highest BCUT2D eigenvalue weighted by molar-refractivity contribution is 7.17. The van der Waals surface area contributed by atoms with Crippen molar-refractivity contribution in [2.24, 2.45) is 0 Å². The van der Waals surface area contributed by atoms with Gasteiger partial charge in [0.05, 0.1) is 12.3 Å². The van der Waals surface area contributed by atoms with Crippen molar-refractivity contribution >= 4 is 42.1 Å². The van der Waals surface area contributed by atoms with Gasteiger partial charge in [0.15, 0.2) is 0 Å². The molecule has 0 saturated carbocycles. The second-order valence-electron chi connectivity index (χ2n) is 6.24. The number of hydrogen-bond acceptors (Lipinski definition) is 6. The molecule has 1 aliphatic rings. The summed E-state index contributed by atoms with van der Waals surface area (Å²) in [5.74, 6) is 0.808. The van der Waals surface area contributed by atoms with Crippen molar-refractivity contribution in [1.82, 2.24) is 20.5 Å². The van der Waals surface area contributed by atoms with Crippen molar-refractivity contribution in [3.8, 4) is 16.3 Å². The van der Waals surface area contributed by atoms with E-state index in [2.05, 4.69) is 20.5 Å². The van der Waals surface area contributed by atoms with Gasteiger partial charge < -0.3 is 15.4 Å². The highest BCUT2D eigenvalue weighted by Crippen LogP contribution is 2.29. The predicted octanol–water partition coefficient (Wildman–Crippen LogP) is 3.00. The van der Waals surface area contributed by atoms with Gasteiger partial charge in [-0.25, -0.2) is 4.98 Å². The van der Waals surface area contributed by atoms with E-state index < -0.39 is 0 Å². The molecule has 1 aromatic carbocycles. The molecule has 0 atom stereocenters. The molecule has 9 heteroatoms. The molecule has 1 fully saturated rings. The van der Waals surface area contributed by atoms with E-state index in [-0.39, 0.29) is 30.7 Å². The standard InChI is InChI=1S/C19H26N4O2S.2ClH/c1-3-25-16-6-4-15(5-7-16)19-22-14(2)17(26-19)18(24)21-10-13-23-11-8-20-9-12-23;;/h4-7,20H,3,8-13H2,1-2H3,(H,21,24);2*1H. The highest BCUT2D eigenvalue weighted by atomic mass is 35.5. The summed E-state index contributed by atoms with van der Waals surface area (Å²) >= 11 is 1.44. The SMILES string of the molecule is CCOc1ccc(-c2nc(C)c(C(=O)NCCN3CCNCC3)s2)cc1.Cl.Cl. The fourth-order valence-corrected chi connectivity index (χ4v) is 3.92. The van der Waals surface area contributed by atoms with Crippen LogP contribution in [0.25, 0.3) is 10.6 Å². The lowest BCUT2D eigenvalue weighted by molar-refractivity contribution is 0.0950. The maximum Gasteiger partial charge on any atom is 0.263 e. The van der Waals surface area contributed by atoms with E-state index >= 15 is 0 Å². The maximum absolute atomic E-state index is 12.5. The number of carbonyl (C=O) groups is 1. The first-order valence-electron chi connectivity index (χ1n) is 9.09. The van der Waals surface area contributed by atoms with Crippen LogP contribution in [0.3, 0.4) is 0 Å². The quantitative estimate of drug-likeness (QED) is 0.683. The number of aromatic nitrogens is 1. The van der Waals surface area contributed by atoms with Crippen LogP contribution in [0.5, 0.6) is 5.75 Å². The summed E-state index contributed by atoms with van der Waals surface area (Å²) in [6.07, 6.45) is 0. The molecule has 1 aromatic heterocycles. The minimum atomic E-state index is -0.0349. The maximum atomic E-state index is 12.5. The minimum absolute atomic E-state index is 0. The second-order valence-corrected chi connectivity index (χ2v) is 7.24. The first kappa shape index (κ1) is 24.7. The van der Waals surface area contributed by atoms with Crippen molar-refractivity contribution in [3.05, 3.63) is 34.8 Å². The third kappa shape index (κ3) is 6.60. The van der Waals surface area contributed by atoms with Crippen LogP contribution in [-0.2, 0) is 0 Å². The van der Waals surface area contributed by atoms with Crippen LogP contribution in [0, 0.1) is 6.92 Å². The molecule has 28 heavy (non-hydrogen) atoms. The average Bonchev–Trinajstić information content (AvgIpc) is 3.05. The smallest absolute Gasteiger partial charge is 0.263 e. The molecule has 156 valence electrons. The number of halogens is 2. The first-order chi connectivity index (χ1) is 12.7. The van der Waals surface area contributed by atoms with E-state index in [0.29, 0.717) is 18.0 Å². The van der Waals surface area contributed by atoms with Crippen molar-refractivity contribution in [1.29, 1.82) is 0 Å². The molecule has 1 saturated heterocycles. The van der Waals surface area contributed by atoms with E-state index in [0.717, 1.165) is 54.7 Å². The summed E-state index contributed by atoms with van der Waals surface area (Å²) in [5.41, 5.74) is 1.78. The molecule has 0 bridgehead atoms. The van der Waals surface area contributed by atoms with Gasteiger partial charge in [-0.15, -0.1) is 36.2 Å². The molecule has 6 nitrogen and oxygen atoms in total. The van der Waals surface area contributed by atoms with Crippen LogP contribution in [-0.4, -0.2) is 61.7 Å². The highest BCUT2D eigenvalue weighted by Gasteiger charge is 2.17. The van der Waals surface area contributed by atoms with E-state index in [9.17, 15) is 4.79 Å². The number of aryl methyl sites for hydroxylation is 1. The third-order valence-corrected chi connectivity index (χ3v) is 5.54. The molecule has 2 heterocycles. The summed E-state index contributed by atoms with van der Waals surface area (Å²) < 4.78 is 5.47. The molecular weight excluding hydrogens is 419 g/mol. The van der Waals surface area contributed by atoms with Gasteiger partial charge in [-0.05, 0) is 38.1 Å². The number of ether oxygens (including phenoxy) is 1. The Bertz CT molecular complexity index is 734. The number of amides is 1. The van der Waals surface area contributed by atoms with Gasteiger partial charge in [0.1, 0.15) is 15.6 Å². The van der Waals surface area contributed by atoms with Gasteiger partial charge in [-0.1, -0.05) is 0 Å². The Morgan fingerprint density at radius 1 is 1.25 bits per heavy atom. The van der Waals surface area contributed by atoms with Gasteiger partial charge in [0, 0.05) is 44.8 Å². The summed E-state index contributed by atoms with van der Waals surface area (Å²) in [7, 11) is 0. The van der Waals surface area contributed by atoms with Crippen LogP contribution in [0.4, 0.5) is 0 Å². The first-order valence-corrected chi connectivity index (χ1v) is 9.91. The monoisotopic (exact) mass is 446 g/mol. The number of piperazine rings is 1. The largest absolute Gasteiger partial charge is 0.494 e. The molecule has 0 radical (unpaired) electrons. The van der Waals surface area contributed by atoms with Gasteiger partial charge in [-0.3, -0.25) is 9.69 Å². The normalized spacial score (nSPS) is 13.9. The minimum Gasteiger partial charge on any atom is -0.494 e. The van der Waals surface area contributed by atoms with Gasteiger partial charge in [0.25, 0.3) is 5.91 Å². The Hall–Kier alpha value is -1.38. The molecule has 1 amide bonds. The Balaban J connectivity index is 0.00000196. The number of benzene rings is 1. The van der Waals surface area contributed by atoms with Gasteiger partial charge >= 0.3 is 0 Å². The van der Waals surface area contributed by atoms with Crippen molar-refractivity contribution in [3.63, 3.8) is 0 Å². The third-order valence-electron chi connectivity index (χ3n) is 4.34. The zero-order valence-electron chi connectivity index (χ0n) is 16.2. The number of nitrogens with zero attached hydrogens (tertiary/aromatic N) is 2. The summed E-state index contributed by atoms with van der Waals surface area (Å²) in [6.45, 7) is 10.2. The number of nitrogens with one attached hydrogen (secondary N) is 2. The Kier molecular flexibility index (Phi) is 10.8. The molecule has 2 aromatic rings. The van der Waals surface area contributed by atoms with Crippen LogP contribution in [0.2, 0.25) is 0 Å². The Morgan fingerprint density at radius 2 is 1.93 bits per heavy atom. The van der Waals surface area contributed by atoms with Gasteiger partial charge in [-0.2, -0.15) is 0 Å². The molecule has 0 aliphatic carbocycles. The lowest BCUT2D eigenvalue weighted by Gasteiger charge is -2.27. The summed E-state index contributed by atoms with van der Waals surface area (Å²) in [5, 5.41) is 7.22. The van der Waals surface area contributed by atoms with Crippen molar-refractivity contribution < 1.29 is 9.53 Å². The van der Waals surface area contributed by atoms with Gasteiger partial charge in [0.2, 0.25) is 0 Å². The van der Waals surface area contributed by atoms with E-state index in [4.69, 9.17) is 4.74 Å². The molecule has 3 rings (SSSR count). The molecule has 0 unspecified atom stereocenters. The van der Waals surface area contributed by atoms with Crippen molar-refractivity contribution in [2.45, 2.75) is 13.8 Å². The topological polar surface area (TPSA) is 66.5 Å². The van der Waals surface area contributed by atoms with Crippen LogP contribution >= 0.6 is 36.2 Å². The lowest BCUT2D eigenvalue weighted by Crippen LogP contribution is -2.46. The van der Waals surface area contributed by atoms with E-state index in [1.807, 2.05) is 38.1 Å². The predicted molar refractivity (Wildman–Crippen MR) is 120 cm³/mol. The molecule has 2 N–H and O–H groups in total. The summed E-state index contributed by atoms with van der Waals surface area (Å²) in [6, 6.07) is 7.83. The molecular formula is C19H28Cl2N4O2S. The Morgan fingerprint density at radius 3 is 2.57 bits per heavy atom. The molecule has 0 spiro atoms. The second kappa shape index (κ2) is 12.2. The fraction of sp³-hybridized carbons (Fsp3) is 0.474. The average molecular weight is 447 g/mol. The zero-order valence-corrected chi connectivity index (χ0v) is 18.6.